The summed E-state index contributed by atoms with van der Waals surface area (Å²) in [4.78, 5) is 6.72. The van der Waals surface area contributed by atoms with E-state index in [0.29, 0.717) is 6.61 Å². The third-order valence-corrected chi connectivity index (χ3v) is 4.82. The second-order valence-electron chi connectivity index (χ2n) is 7.54. The van der Waals surface area contributed by atoms with Crippen molar-refractivity contribution >= 4 is 5.52 Å². The Morgan fingerprint density at radius 2 is 2.13 bits per heavy atom. The van der Waals surface area contributed by atoms with Crippen molar-refractivity contribution in [1.29, 1.82) is 0 Å². The second-order valence-corrected chi connectivity index (χ2v) is 7.54. The lowest BCUT2D eigenvalue weighted by atomic mass is 10.2. The summed E-state index contributed by atoms with van der Waals surface area (Å²) in [5.74, 6) is 6.02. The van der Waals surface area contributed by atoms with Crippen molar-refractivity contribution in [1.82, 2.24) is 14.5 Å². The lowest BCUT2D eigenvalue weighted by Gasteiger charge is -2.21. The van der Waals surface area contributed by atoms with Gasteiger partial charge in [-0.2, -0.15) is 9.99 Å². The Kier molecular flexibility index (Phi) is 12.8. The molecule has 8 heteroatoms. The predicted molar refractivity (Wildman–Crippen MR) is 118 cm³/mol. The van der Waals surface area contributed by atoms with Gasteiger partial charge in [0, 0.05) is 19.3 Å². The maximum Gasteiger partial charge on any atom is 0.146 e. The molecule has 3 rings (SSSR count). The molecule has 0 unspecified atom stereocenters. The second kappa shape index (κ2) is 15.8. The number of rotatable bonds is 14. The van der Waals surface area contributed by atoms with Crippen LogP contribution in [-0.2, 0) is 26.3 Å². The van der Waals surface area contributed by atoms with Gasteiger partial charge in [0.15, 0.2) is 0 Å². The Bertz CT molecular complexity index is 749. The number of nitrogens with zero attached hydrogens (tertiary/aromatic N) is 3. The minimum absolute atomic E-state index is 0.0804. The predicted octanol–water partition coefficient (Wildman–Crippen LogP) is 4.12. The lowest BCUT2D eigenvalue weighted by molar-refractivity contribution is -0.620. The molecule has 0 spiro atoms. The van der Waals surface area contributed by atoms with E-state index in [0.717, 1.165) is 30.2 Å². The lowest BCUT2D eigenvalue weighted by Crippen LogP contribution is -2.28. The van der Waals surface area contributed by atoms with Gasteiger partial charge in [-0.15, -0.1) is 5.92 Å². The van der Waals surface area contributed by atoms with E-state index >= 15 is 0 Å². The van der Waals surface area contributed by atoms with Crippen LogP contribution in [0.1, 0.15) is 51.6 Å². The van der Waals surface area contributed by atoms with Crippen molar-refractivity contribution in [2.24, 2.45) is 5.92 Å². The zero-order valence-corrected chi connectivity index (χ0v) is 18.7. The van der Waals surface area contributed by atoms with Gasteiger partial charge in [0.2, 0.25) is 0 Å². The summed E-state index contributed by atoms with van der Waals surface area (Å²) < 4.78 is 7.69. The Morgan fingerprint density at radius 1 is 1.26 bits per heavy atom. The highest BCUT2D eigenvalue weighted by atomic mass is 17.6. The number of aromatic nitrogens is 2. The molecule has 1 aliphatic carbocycles. The van der Waals surface area contributed by atoms with Gasteiger partial charge in [-0.25, -0.2) is 9.77 Å². The molecule has 1 fully saturated rings. The van der Waals surface area contributed by atoms with Crippen molar-refractivity contribution in [2.75, 3.05) is 32.8 Å². The number of hydrogen-bond acceptors (Lipinski definition) is 7. The first-order chi connectivity index (χ1) is 15.3. The smallest absolute Gasteiger partial charge is 0.146 e. The molecule has 2 heterocycles. The van der Waals surface area contributed by atoms with E-state index in [1.54, 1.807) is 6.92 Å². The van der Waals surface area contributed by atoms with Crippen LogP contribution in [0.3, 0.4) is 0 Å². The Labute approximate surface area is 184 Å². The van der Waals surface area contributed by atoms with Gasteiger partial charge in [0.05, 0.1) is 17.8 Å². The van der Waals surface area contributed by atoms with Gasteiger partial charge in [-0.05, 0) is 86.3 Å². The largest absolute Gasteiger partial charge is 0.375 e. The number of unbranched alkanes of at least 4 members (excludes halogenated alkanes) is 1. The number of fused-ring (bicyclic) bond motifs is 1. The van der Waals surface area contributed by atoms with Crippen molar-refractivity contribution in [2.45, 2.75) is 52.6 Å². The topological polar surface area (TPSA) is 77.7 Å². The quantitative estimate of drug-likeness (QED) is 0.208. The third kappa shape index (κ3) is 11.3. The summed E-state index contributed by atoms with van der Waals surface area (Å²) in [5.41, 5.74) is 2.14. The van der Waals surface area contributed by atoms with Crippen molar-refractivity contribution < 1.29 is 25.0 Å². The molecule has 1 saturated carbocycles. The summed E-state index contributed by atoms with van der Waals surface area (Å²) >= 11 is 0. The highest BCUT2D eigenvalue weighted by Crippen LogP contribution is 2.29. The van der Waals surface area contributed by atoms with Crippen LogP contribution in [0.15, 0.2) is 30.5 Å². The molecule has 0 saturated heterocycles. The van der Waals surface area contributed by atoms with Gasteiger partial charge >= 0.3 is 0 Å². The molecule has 2 aromatic heterocycles. The fourth-order valence-electron chi connectivity index (χ4n) is 3.20. The van der Waals surface area contributed by atoms with E-state index in [-0.39, 0.29) is 6.61 Å². The first-order valence-electron chi connectivity index (χ1n) is 11.0. The van der Waals surface area contributed by atoms with Crippen LogP contribution < -0.4 is 0 Å². The molecule has 0 aliphatic heterocycles. The number of hydrogen-bond donors (Lipinski definition) is 1. The minimum Gasteiger partial charge on any atom is -0.375 e. The normalized spacial score (nSPS) is 13.0. The fraction of sp³-hybridized carbons (Fsp3) is 0.609. The first kappa shape index (κ1) is 25.3. The van der Waals surface area contributed by atoms with Gasteiger partial charge in [-0.3, -0.25) is 0 Å². The Morgan fingerprint density at radius 3 is 2.84 bits per heavy atom. The molecule has 2 aromatic rings. The summed E-state index contributed by atoms with van der Waals surface area (Å²) in [6.45, 7) is 9.24. The van der Waals surface area contributed by atoms with Gasteiger partial charge in [-0.1, -0.05) is 18.9 Å². The van der Waals surface area contributed by atoms with Crippen LogP contribution >= 0.6 is 0 Å². The molecule has 31 heavy (non-hydrogen) atoms. The molecule has 0 amide bonds. The van der Waals surface area contributed by atoms with Crippen LogP contribution in [-0.4, -0.2) is 52.6 Å². The van der Waals surface area contributed by atoms with E-state index in [2.05, 4.69) is 55.9 Å². The van der Waals surface area contributed by atoms with Gasteiger partial charge in [0.1, 0.15) is 6.61 Å². The minimum atomic E-state index is 0.0804. The van der Waals surface area contributed by atoms with Crippen molar-refractivity contribution in [3.63, 3.8) is 0 Å². The molecule has 1 N–H and O–H groups in total. The van der Waals surface area contributed by atoms with E-state index in [1.807, 2.05) is 22.8 Å². The zero-order valence-electron chi connectivity index (χ0n) is 18.7. The summed E-state index contributed by atoms with van der Waals surface area (Å²) in [6, 6.07) is 8.19. The average Bonchev–Trinajstić information content (AvgIpc) is 3.50. The van der Waals surface area contributed by atoms with Crippen LogP contribution in [0, 0.1) is 17.8 Å². The van der Waals surface area contributed by atoms with Crippen LogP contribution in [0.4, 0.5) is 0 Å². The Balaban J connectivity index is 0.000000366. The third-order valence-electron chi connectivity index (χ3n) is 4.82. The zero-order chi connectivity index (χ0) is 22.2. The number of ether oxygens (including phenoxy) is 1. The highest BCUT2D eigenvalue weighted by molar-refractivity contribution is 5.46. The molecule has 1 aliphatic rings. The van der Waals surface area contributed by atoms with Gasteiger partial charge in [0.25, 0.3) is 0 Å². The van der Waals surface area contributed by atoms with Crippen LogP contribution in [0.25, 0.3) is 5.52 Å². The fourth-order valence-corrected chi connectivity index (χ4v) is 3.20. The van der Waals surface area contributed by atoms with Crippen LogP contribution in [0.2, 0.25) is 0 Å². The van der Waals surface area contributed by atoms with Crippen LogP contribution in [0.5, 0.6) is 0 Å². The van der Waals surface area contributed by atoms with Gasteiger partial charge < -0.3 is 9.64 Å². The molecule has 0 radical (unpaired) electrons. The van der Waals surface area contributed by atoms with E-state index in [4.69, 9.17) is 9.99 Å². The molecular weight excluding hydrogens is 398 g/mol. The van der Waals surface area contributed by atoms with E-state index < -0.39 is 0 Å². The monoisotopic (exact) mass is 433 g/mol. The van der Waals surface area contributed by atoms with E-state index in [9.17, 15) is 0 Å². The van der Waals surface area contributed by atoms with Crippen molar-refractivity contribution in [3.8, 4) is 11.8 Å². The molecule has 0 atom stereocenters. The standard InChI is InChI=1S/C19H29N3O.C4H6O4/c1-2-10-21(15-17-8-9-17)11-5-6-13-23-16-18-14-19-7-3-4-12-22(19)20-18;1-2-3-4-6-8-7-5/h3-4,7,12,14,17H,2,5-6,8-11,13,15-16H2,1H3;5H,4H2,1H3. The molecule has 0 bridgehead atoms. The molecule has 172 valence electrons. The molecular formula is C23H35N3O5. The Hall–Kier alpha value is -1.99. The maximum absolute atomic E-state index is 7.47. The molecule has 0 aromatic carbocycles. The number of pyridine rings is 1. The maximum atomic E-state index is 7.47. The summed E-state index contributed by atoms with van der Waals surface area (Å²) in [5, 5.41) is 18.7. The molecule has 8 nitrogen and oxygen atoms in total. The first-order valence-corrected chi connectivity index (χ1v) is 11.0. The van der Waals surface area contributed by atoms with Crippen molar-refractivity contribution in [3.05, 3.63) is 36.2 Å². The SMILES string of the molecule is CC#CCOOOO.CCCN(CCCCOCc1cc2ccccn2n1)CC1CC1. The van der Waals surface area contributed by atoms with E-state index in [1.165, 1.54) is 45.3 Å². The summed E-state index contributed by atoms with van der Waals surface area (Å²) in [6.07, 6.45) is 8.50. The average molecular weight is 434 g/mol. The summed E-state index contributed by atoms with van der Waals surface area (Å²) in [7, 11) is 0. The highest BCUT2D eigenvalue weighted by Gasteiger charge is 2.23.